The molecule has 1 aromatic heterocycles. The number of nitrogens with zero attached hydrogens (tertiary/aromatic N) is 1. The van der Waals surface area contributed by atoms with Gasteiger partial charge in [-0.25, -0.2) is 4.98 Å². The zero-order chi connectivity index (χ0) is 14.4. The normalized spacial score (nSPS) is 10.3. The minimum absolute atomic E-state index is 0.612. The maximum absolute atomic E-state index is 6.19. The molecule has 4 nitrogen and oxygen atoms in total. The van der Waals surface area contributed by atoms with Gasteiger partial charge in [0.25, 0.3) is 0 Å². The van der Waals surface area contributed by atoms with Gasteiger partial charge in [0.2, 0.25) is 5.88 Å². The lowest BCUT2D eigenvalue weighted by atomic mass is 10.2. The maximum atomic E-state index is 6.19. The van der Waals surface area contributed by atoms with E-state index in [0.29, 0.717) is 24.0 Å². The molecule has 0 aliphatic heterocycles. The summed E-state index contributed by atoms with van der Waals surface area (Å²) in [6.45, 7) is 1.26. The second-order valence-corrected chi connectivity index (χ2v) is 4.60. The quantitative estimate of drug-likeness (QED) is 0.889. The van der Waals surface area contributed by atoms with E-state index in [4.69, 9.17) is 21.1 Å². The van der Waals surface area contributed by atoms with Gasteiger partial charge in [-0.15, -0.1) is 0 Å². The number of aromatic nitrogens is 1. The molecule has 0 unspecified atom stereocenters. The van der Waals surface area contributed by atoms with E-state index in [-0.39, 0.29) is 0 Å². The first-order valence-electron chi connectivity index (χ1n) is 6.26. The summed E-state index contributed by atoms with van der Waals surface area (Å²) in [5.74, 6) is 1.41. The highest BCUT2D eigenvalue weighted by Gasteiger charge is 2.08. The largest absolute Gasteiger partial charge is 0.496 e. The summed E-state index contributed by atoms with van der Waals surface area (Å²) >= 11 is 6.19. The molecule has 20 heavy (non-hydrogen) atoms. The van der Waals surface area contributed by atoms with Crippen molar-refractivity contribution in [3.05, 3.63) is 52.7 Å². The highest BCUT2D eigenvalue weighted by molar-refractivity contribution is 6.31. The molecule has 1 aromatic carbocycles. The number of nitrogens with one attached hydrogen (secondary N) is 1. The number of hydrogen-bond donors (Lipinski definition) is 1. The number of pyridine rings is 1. The third-order valence-corrected chi connectivity index (χ3v) is 3.31. The van der Waals surface area contributed by atoms with Gasteiger partial charge in [0.05, 0.1) is 14.2 Å². The van der Waals surface area contributed by atoms with Crippen molar-refractivity contribution in [3.8, 4) is 11.6 Å². The molecule has 0 aliphatic rings. The molecule has 1 N–H and O–H groups in total. The minimum Gasteiger partial charge on any atom is -0.496 e. The van der Waals surface area contributed by atoms with Gasteiger partial charge >= 0.3 is 0 Å². The Hall–Kier alpha value is -1.78. The van der Waals surface area contributed by atoms with Crippen LogP contribution in [0.4, 0.5) is 0 Å². The Bertz CT molecular complexity index is 576. The molecule has 0 aliphatic carbocycles. The Morgan fingerprint density at radius 1 is 1.10 bits per heavy atom. The van der Waals surface area contributed by atoms with Crippen molar-refractivity contribution in [1.29, 1.82) is 0 Å². The molecule has 0 saturated carbocycles. The molecule has 5 heteroatoms. The van der Waals surface area contributed by atoms with E-state index in [1.165, 1.54) is 0 Å². The van der Waals surface area contributed by atoms with Crippen molar-refractivity contribution >= 4 is 11.6 Å². The number of hydrogen-bond acceptors (Lipinski definition) is 4. The predicted octanol–water partition coefficient (Wildman–Crippen LogP) is 3.04. The lowest BCUT2D eigenvalue weighted by Gasteiger charge is -2.12. The van der Waals surface area contributed by atoms with Gasteiger partial charge in [-0.05, 0) is 18.2 Å². The number of methoxy groups -OCH3 is 2. The van der Waals surface area contributed by atoms with E-state index in [1.807, 2.05) is 30.3 Å². The van der Waals surface area contributed by atoms with Crippen molar-refractivity contribution in [2.75, 3.05) is 14.2 Å². The van der Waals surface area contributed by atoms with E-state index < -0.39 is 0 Å². The van der Waals surface area contributed by atoms with Gasteiger partial charge in [0.15, 0.2) is 0 Å². The Morgan fingerprint density at radius 2 is 1.95 bits per heavy atom. The first-order valence-corrected chi connectivity index (χ1v) is 6.64. The molecule has 0 fully saturated rings. The summed E-state index contributed by atoms with van der Waals surface area (Å²) in [7, 11) is 3.25. The molecule has 2 aromatic rings. The van der Waals surface area contributed by atoms with Crippen molar-refractivity contribution in [2.45, 2.75) is 13.1 Å². The lowest BCUT2D eigenvalue weighted by Crippen LogP contribution is -2.14. The fourth-order valence-corrected chi connectivity index (χ4v) is 2.20. The summed E-state index contributed by atoms with van der Waals surface area (Å²) < 4.78 is 10.5. The average molecular weight is 293 g/mol. The monoisotopic (exact) mass is 292 g/mol. The molecule has 0 atom stereocenters. The van der Waals surface area contributed by atoms with Crippen LogP contribution in [0.25, 0.3) is 0 Å². The van der Waals surface area contributed by atoms with Gasteiger partial charge in [-0.1, -0.05) is 23.7 Å². The van der Waals surface area contributed by atoms with Crippen LogP contribution < -0.4 is 14.8 Å². The molecule has 0 bridgehead atoms. The van der Waals surface area contributed by atoms with Crippen LogP contribution in [0.15, 0.2) is 36.5 Å². The van der Waals surface area contributed by atoms with Crippen LogP contribution in [-0.2, 0) is 13.1 Å². The number of benzene rings is 1. The Kier molecular flexibility index (Phi) is 5.21. The van der Waals surface area contributed by atoms with E-state index in [1.54, 1.807) is 20.4 Å². The summed E-state index contributed by atoms with van der Waals surface area (Å²) in [5.41, 5.74) is 1.94. The van der Waals surface area contributed by atoms with Crippen LogP contribution in [0.2, 0.25) is 5.02 Å². The van der Waals surface area contributed by atoms with E-state index in [0.717, 1.165) is 16.9 Å². The second kappa shape index (κ2) is 7.12. The molecule has 1 heterocycles. The molecular weight excluding hydrogens is 276 g/mol. The Morgan fingerprint density at radius 3 is 2.70 bits per heavy atom. The van der Waals surface area contributed by atoms with Crippen LogP contribution in [0, 0.1) is 0 Å². The van der Waals surface area contributed by atoms with E-state index in [2.05, 4.69) is 10.3 Å². The smallest absolute Gasteiger partial charge is 0.217 e. The first-order chi connectivity index (χ1) is 9.76. The van der Waals surface area contributed by atoms with Gasteiger partial charge < -0.3 is 14.8 Å². The highest BCUT2D eigenvalue weighted by Crippen LogP contribution is 2.26. The number of ether oxygens (including phenoxy) is 2. The van der Waals surface area contributed by atoms with Crippen molar-refractivity contribution < 1.29 is 9.47 Å². The SMILES string of the molecule is COc1cccc(Cl)c1CNCc1cccnc1OC. The second-order valence-electron chi connectivity index (χ2n) is 4.20. The standard InChI is InChI=1S/C15H17ClN2O2/c1-19-14-7-3-6-13(16)12(14)10-17-9-11-5-4-8-18-15(11)20-2/h3-8,17H,9-10H2,1-2H3. The van der Waals surface area contributed by atoms with Crippen LogP contribution >= 0.6 is 11.6 Å². The molecule has 0 spiro atoms. The summed E-state index contributed by atoms with van der Waals surface area (Å²) in [6, 6.07) is 9.48. The van der Waals surface area contributed by atoms with Gasteiger partial charge in [0, 0.05) is 35.4 Å². The van der Waals surface area contributed by atoms with Crippen molar-refractivity contribution in [1.82, 2.24) is 10.3 Å². The molecule has 0 radical (unpaired) electrons. The van der Waals surface area contributed by atoms with Crippen molar-refractivity contribution in [2.24, 2.45) is 0 Å². The predicted molar refractivity (Wildman–Crippen MR) is 79.3 cm³/mol. The Balaban J connectivity index is 2.03. The fraction of sp³-hybridized carbons (Fsp3) is 0.267. The highest BCUT2D eigenvalue weighted by atomic mass is 35.5. The van der Waals surface area contributed by atoms with E-state index in [9.17, 15) is 0 Å². The number of rotatable bonds is 6. The summed E-state index contributed by atoms with van der Waals surface area (Å²) in [4.78, 5) is 4.16. The fourth-order valence-electron chi connectivity index (χ4n) is 1.97. The zero-order valence-electron chi connectivity index (χ0n) is 11.5. The van der Waals surface area contributed by atoms with Gasteiger partial charge in [0.1, 0.15) is 5.75 Å². The van der Waals surface area contributed by atoms with E-state index >= 15 is 0 Å². The minimum atomic E-state index is 0.612. The summed E-state index contributed by atoms with van der Waals surface area (Å²) in [5, 5.41) is 4.01. The first kappa shape index (κ1) is 14.6. The van der Waals surface area contributed by atoms with Crippen LogP contribution in [-0.4, -0.2) is 19.2 Å². The molecular formula is C15H17ClN2O2. The number of halogens is 1. The van der Waals surface area contributed by atoms with Crippen molar-refractivity contribution in [3.63, 3.8) is 0 Å². The lowest BCUT2D eigenvalue weighted by molar-refractivity contribution is 0.390. The molecule has 0 amide bonds. The van der Waals surface area contributed by atoms with Gasteiger partial charge in [-0.3, -0.25) is 0 Å². The van der Waals surface area contributed by atoms with Crippen LogP contribution in [0.3, 0.4) is 0 Å². The van der Waals surface area contributed by atoms with Crippen LogP contribution in [0.1, 0.15) is 11.1 Å². The maximum Gasteiger partial charge on any atom is 0.217 e. The Labute approximate surface area is 123 Å². The molecule has 106 valence electrons. The molecule has 0 saturated heterocycles. The third kappa shape index (κ3) is 3.40. The van der Waals surface area contributed by atoms with Gasteiger partial charge in [-0.2, -0.15) is 0 Å². The van der Waals surface area contributed by atoms with Crippen LogP contribution in [0.5, 0.6) is 11.6 Å². The molecule has 2 rings (SSSR count). The average Bonchev–Trinajstić information content (AvgIpc) is 2.49. The zero-order valence-corrected chi connectivity index (χ0v) is 12.3. The topological polar surface area (TPSA) is 43.4 Å². The third-order valence-electron chi connectivity index (χ3n) is 2.96. The summed E-state index contributed by atoms with van der Waals surface area (Å²) in [6.07, 6.45) is 1.71.